The lowest BCUT2D eigenvalue weighted by Gasteiger charge is -2.32. The van der Waals surface area contributed by atoms with Crippen LogP contribution in [0.4, 0.5) is 0 Å². The van der Waals surface area contributed by atoms with Crippen LogP contribution in [0.25, 0.3) is 11.1 Å². The van der Waals surface area contributed by atoms with Gasteiger partial charge in [0.2, 0.25) is 0 Å². The lowest BCUT2D eigenvalue weighted by molar-refractivity contribution is -0.108. The van der Waals surface area contributed by atoms with Crippen LogP contribution in [0.1, 0.15) is 40.7 Å². The molecule has 0 aromatic heterocycles. The van der Waals surface area contributed by atoms with Crippen LogP contribution in [-0.2, 0) is 22.4 Å². The zero-order valence-corrected chi connectivity index (χ0v) is 19.5. The van der Waals surface area contributed by atoms with Crippen molar-refractivity contribution < 1.29 is 19.1 Å². The van der Waals surface area contributed by atoms with Gasteiger partial charge >= 0.3 is 5.97 Å². The van der Waals surface area contributed by atoms with E-state index in [1.54, 1.807) is 7.11 Å². The van der Waals surface area contributed by atoms with E-state index in [1.807, 2.05) is 54.6 Å². The molecule has 0 N–H and O–H groups in total. The van der Waals surface area contributed by atoms with Gasteiger partial charge in [-0.3, -0.25) is 0 Å². The number of carbonyl (C=O) groups is 2. The lowest BCUT2D eigenvalue weighted by Crippen LogP contribution is -2.29. The SMILES string of the molecule is COc1cccc2c1CC1C[C@@H](OC(=O)c3ccc(-c4ccccc4)cc3)[C@H](CCC=O)[C@H]1C2. The smallest absolute Gasteiger partial charge is 0.338 e. The standard InChI is InChI=1S/C30H30O4/c1-33-28-11-5-9-23-17-26-24(18-27(23)28)19-29(25(26)10-6-16-31)34-30(32)22-14-12-21(13-15-22)20-7-3-2-4-8-20/h2-5,7-9,11-16,24-26,29H,6,10,17-19H2,1H3/t24?,25-,26+,29-/m1/s1. The number of carbonyl (C=O) groups excluding carboxylic acids is 2. The maximum atomic E-state index is 13.1. The van der Waals surface area contributed by atoms with Crippen molar-refractivity contribution in [1.82, 2.24) is 0 Å². The Bertz CT molecular complexity index is 1150. The van der Waals surface area contributed by atoms with Crippen LogP contribution in [0.3, 0.4) is 0 Å². The maximum Gasteiger partial charge on any atom is 0.338 e. The quantitative estimate of drug-likeness (QED) is 0.329. The third kappa shape index (κ3) is 4.37. The number of aldehydes is 1. The van der Waals surface area contributed by atoms with Crippen molar-refractivity contribution >= 4 is 12.3 Å². The van der Waals surface area contributed by atoms with Crippen molar-refractivity contribution in [2.45, 2.75) is 38.2 Å². The molecule has 5 rings (SSSR count). The summed E-state index contributed by atoms with van der Waals surface area (Å²) in [7, 11) is 1.72. The number of rotatable bonds is 7. The van der Waals surface area contributed by atoms with Crippen molar-refractivity contribution in [2.75, 3.05) is 7.11 Å². The van der Waals surface area contributed by atoms with Gasteiger partial charge in [0.15, 0.2) is 0 Å². The zero-order valence-electron chi connectivity index (χ0n) is 19.5. The van der Waals surface area contributed by atoms with Gasteiger partial charge in [0, 0.05) is 6.42 Å². The fraction of sp³-hybridized carbons (Fsp3) is 0.333. The highest BCUT2D eigenvalue weighted by molar-refractivity contribution is 5.90. The molecule has 174 valence electrons. The number of ether oxygens (including phenoxy) is 2. The van der Waals surface area contributed by atoms with Crippen molar-refractivity contribution in [1.29, 1.82) is 0 Å². The molecular formula is C30H30O4. The Kier molecular flexibility index (Phi) is 6.48. The second-order valence-corrected chi connectivity index (χ2v) is 9.46. The Balaban J connectivity index is 1.33. The first-order chi connectivity index (χ1) is 16.7. The largest absolute Gasteiger partial charge is 0.496 e. The van der Waals surface area contributed by atoms with Gasteiger partial charge in [-0.05, 0) is 83.9 Å². The molecule has 2 aliphatic carbocycles. The van der Waals surface area contributed by atoms with E-state index in [1.165, 1.54) is 11.1 Å². The van der Waals surface area contributed by atoms with Crippen LogP contribution < -0.4 is 4.74 Å². The highest BCUT2D eigenvalue weighted by Gasteiger charge is 2.47. The van der Waals surface area contributed by atoms with E-state index in [-0.39, 0.29) is 18.0 Å². The van der Waals surface area contributed by atoms with E-state index < -0.39 is 0 Å². The van der Waals surface area contributed by atoms with Crippen LogP contribution in [0.5, 0.6) is 5.75 Å². The number of benzene rings is 3. The van der Waals surface area contributed by atoms with Crippen LogP contribution in [0.2, 0.25) is 0 Å². The number of hydrogen-bond acceptors (Lipinski definition) is 4. The molecule has 0 aliphatic heterocycles. The maximum absolute atomic E-state index is 13.1. The second kappa shape index (κ2) is 9.84. The Hall–Kier alpha value is -3.40. The van der Waals surface area contributed by atoms with Gasteiger partial charge in [-0.25, -0.2) is 4.79 Å². The molecule has 34 heavy (non-hydrogen) atoms. The monoisotopic (exact) mass is 454 g/mol. The van der Waals surface area contributed by atoms with Gasteiger partial charge in [0.1, 0.15) is 18.1 Å². The summed E-state index contributed by atoms with van der Waals surface area (Å²) in [6, 6.07) is 24.0. The number of hydrogen-bond donors (Lipinski definition) is 0. The first kappa shape index (κ1) is 22.4. The Morgan fingerprint density at radius 1 is 0.941 bits per heavy atom. The van der Waals surface area contributed by atoms with Gasteiger partial charge in [0.05, 0.1) is 12.7 Å². The van der Waals surface area contributed by atoms with E-state index in [0.717, 1.165) is 48.8 Å². The molecule has 0 radical (unpaired) electrons. The fourth-order valence-corrected chi connectivity index (χ4v) is 6.00. The predicted octanol–water partition coefficient (Wildman–Crippen LogP) is 5.92. The predicted molar refractivity (Wildman–Crippen MR) is 132 cm³/mol. The molecule has 4 heteroatoms. The molecule has 3 aromatic carbocycles. The number of fused-ring (bicyclic) bond motifs is 2. The minimum Gasteiger partial charge on any atom is -0.496 e. The molecule has 2 aliphatic rings. The van der Waals surface area contributed by atoms with Crippen molar-refractivity contribution in [3.8, 4) is 16.9 Å². The summed E-state index contributed by atoms with van der Waals surface area (Å²) in [5.74, 6) is 1.70. The molecule has 3 aromatic rings. The van der Waals surface area contributed by atoms with Gasteiger partial charge in [-0.15, -0.1) is 0 Å². The van der Waals surface area contributed by atoms with Gasteiger partial charge < -0.3 is 14.3 Å². The van der Waals surface area contributed by atoms with Crippen LogP contribution in [0.15, 0.2) is 72.8 Å². The summed E-state index contributed by atoms with van der Waals surface area (Å²) in [4.78, 5) is 24.3. The zero-order chi connectivity index (χ0) is 23.5. The molecule has 1 fully saturated rings. The fourth-order valence-electron chi connectivity index (χ4n) is 6.00. The van der Waals surface area contributed by atoms with E-state index in [4.69, 9.17) is 9.47 Å². The molecular weight excluding hydrogens is 424 g/mol. The lowest BCUT2D eigenvalue weighted by atomic mass is 9.73. The third-order valence-electron chi connectivity index (χ3n) is 7.64. The van der Waals surface area contributed by atoms with E-state index in [0.29, 0.717) is 23.8 Å². The van der Waals surface area contributed by atoms with Crippen LogP contribution >= 0.6 is 0 Å². The van der Waals surface area contributed by atoms with Gasteiger partial charge in [0.25, 0.3) is 0 Å². The molecule has 0 amide bonds. The third-order valence-corrected chi connectivity index (χ3v) is 7.64. The molecule has 0 heterocycles. The van der Waals surface area contributed by atoms with E-state index in [9.17, 15) is 9.59 Å². The number of esters is 1. The van der Waals surface area contributed by atoms with E-state index >= 15 is 0 Å². The summed E-state index contributed by atoms with van der Waals surface area (Å²) in [6.07, 6.45) is 4.78. The molecule has 0 bridgehead atoms. The Labute approximate surface area is 200 Å². The molecule has 4 atom stereocenters. The highest BCUT2D eigenvalue weighted by atomic mass is 16.5. The van der Waals surface area contributed by atoms with Crippen molar-refractivity contribution in [2.24, 2.45) is 17.8 Å². The molecule has 0 saturated heterocycles. The summed E-state index contributed by atoms with van der Waals surface area (Å²) in [6.45, 7) is 0. The normalized spacial score (nSPS) is 23.0. The first-order valence-electron chi connectivity index (χ1n) is 12.1. The summed E-state index contributed by atoms with van der Waals surface area (Å²) in [5.41, 5.74) is 5.35. The van der Waals surface area contributed by atoms with E-state index in [2.05, 4.69) is 18.2 Å². The Morgan fingerprint density at radius 3 is 2.44 bits per heavy atom. The number of methoxy groups -OCH3 is 1. The molecule has 1 saturated carbocycles. The minimum absolute atomic E-state index is 0.170. The molecule has 4 nitrogen and oxygen atoms in total. The Morgan fingerprint density at radius 2 is 1.71 bits per heavy atom. The average Bonchev–Trinajstić information content (AvgIpc) is 3.21. The van der Waals surface area contributed by atoms with Crippen molar-refractivity contribution in [3.05, 3.63) is 89.5 Å². The van der Waals surface area contributed by atoms with Crippen LogP contribution in [0, 0.1) is 17.8 Å². The topological polar surface area (TPSA) is 52.6 Å². The van der Waals surface area contributed by atoms with Crippen molar-refractivity contribution in [3.63, 3.8) is 0 Å². The molecule has 0 spiro atoms. The summed E-state index contributed by atoms with van der Waals surface area (Å²) in [5, 5.41) is 0. The first-order valence-corrected chi connectivity index (χ1v) is 12.1. The minimum atomic E-state index is -0.283. The van der Waals surface area contributed by atoms with Gasteiger partial charge in [-0.2, -0.15) is 0 Å². The van der Waals surface area contributed by atoms with Crippen LogP contribution in [-0.4, -0.2) is 25.5 Å². The summed E-state index contributed by atoms with van der Waals surface area (Å²) >= 11 is 0. The highest BCUT2D eigenvalue weighted by Crippen LogP contribution is 2.49. The second-order valence-electron chi connectivity index (χ2n) is 9.46. The van der Waals surface area contributed by atoms with Gasteiger partial charge in [-0.1, -0.05) is 54.6 Å². The summed E-state index contributed by atoms with van der Waals surface area (Å²) < 4.78 is 11.7. The average molecular weight is 455 g/mol. The molecule has 1 unspecified atom stereocenters.